The first-order valence-electron chi connectivity index (χ1n) is 11.6. The first-order chi connectivity index (χ1) is 17.4. The molecule has 0 radical (unpaired) electrons. The van der Waals surface area contributed by atoms with Gasteiger partial charge in [0.25, 0.3) is 5.91 Å². The van der Waals surface area contributed by atoms with Crippen LogP contribution < -0.4 is 19.7 Å². The number of ether oxygens (including phenoxy) is 2. The summed E-state index contributed by atoms with van der Waals surface area (Å²) in [5, 5.41) is 3.80. The molecule has 0 unspecified atom stereocenters. The first-order valence-corrected chi connectivity index (χ1v) is 12.4. The van der Waals surface area contributed by atoms with Crippen molar-refractivity contribution in [1.29, 1.82) is 0 Å². The largest absolute Gasteiger partial charge is 0.494 e. The summed E-state index contributed by atoms with van der Waals surface area (Å²) in [6.07, 6.45) is 4.56. The minimum Gasteiger partial charge on any atom is -0.494 e. The van der Waals surface area contributed by atoms with Crippen LogP contribution in [0.3, 0.4) is 0 Å². The molecule has 36 heavy (non-hydrogen) atoms. The summed E-state index contributed by atoms with van der Waals surface area (Å²) in [5.41, 5.74) is 3.01. The number of hydrogen-bond donors (Lipinski definition) is 1. The zero-order valence-electron chi connectivity index (χ0n) is 19.8. The summed E-state index contributed by atoms with van der Waals surface area (Å²) in [6, 6.07) is 18.2. The summed E-state index contributed by atoms with van der Waals surface area (Å²) in [4.78, 5) is 26.7. The van der Waals surface area contributed by atoms with Gasteiger partial charge in [-0.05, 0) is 79.4 Å². The molecule has 0 saturated heterocycles. The van der Waals surface area contributed by atoms with E-state index in [1.54, 1.807) is 47.4 Å². The van der Waals surface area contributed by atoms with E-state index in [1.807, 2.05) is 31.2 Å². The number of aryl methyl sites for hydroxylation is 1. The van der Waals surface area contributed by atoms with E-state index in [0.717, 1.165) is 24.2 Å². The molecule has 3 aromatic carbocycles. The highest BCUT2D eigenvalue weighted by Gasteiger charge is 2.25. The van der Waals surface area contributed by atoms with E-state index in [0.29, 0.717) is 45.9 Å². The molecule has 2 amide bonds. The minimum absolute atomic E-state index is 0.0108. The second-order valence-electron chi connectivity index (χ2n) is 8.38. The van der Waals surface area contributed by atoms with Crippen LogP contribution in [-0.4, -0.2) is 31.6 Å². The van der Waals surface area contributed by atoms with Gasteiger partial charge in [-0.2, -0.15) is 0 Å². The molecular weight excluding hydrogens is 499 g/mol. The monoisotopic (exact) mass is 524 g/mol. The number of nitrogens with zero attached hydrogens (tertiary/aromatic N) is 1. The maximum Gasteiger partial charge on any atom is 0.265 e. The minimum atomic E-state index is -0.330. The van der Waals surface area contributed by atoms with Gasteiger partial charge in [-0.25, -0.2) is 0 Å². The van der Waals surface area contributed by atoms with Gasteiger partial charge in [0.1, 0.15) is 11.5 Å². The molecular formula is C28H26Cl2N2O4. The van der Waals surface area contributed by atoms with Crippen molar-refractivity contribution in [2.75, 3.05) is 30.0 Å². The molecule has 0 atom stereocenters. The molecule has 1 aliphatic rings. The number of carbonyl (C=O) groups is 2. The number of benzene rings is 3. The molecule has 1 aliphatic heterocycles. The maximum absolute atomic E-state index is 12.6. The van der Waals surface area contributed by atoms with E-state index in [2.05, 4.69) is 5.32 Å². The molecule has 186 valence electrons. The third-order valence-corrected chi connectivity index (χ3v) is 6.14. The van der Waals surface area contributed by atoms with Crippen molar-refractivity contribution in [3.05, 3.63) is 87.9 Å². The van der Waals surface area contributed by atoms with Crippen molar-refractivity contribution in [3.63, 3.8) is 0 Å². The normalized spacial score (nSPS) is 12.9. The van der Waals surface area contributed by atoms with Crippen LogP contribution >= 0.6 is 23.2 Å². The van der Waals surface area contributed by atoms with Gasteiger partial charge in [-0.15, -0.1) is 0 Å². The van der Waals surface area contributed by atoms with Crippen molar-refractivity contribution in [1.82, 2.24) is 0 Å². The average molecular weight is 525 g/mol. The lowest BCUT2D eigenvalue weighted by molar-refractivity contribution is -0.121. The summed E-state index contributed by atoms with van der Waals surface area (Å²) in [6.45, 7) is 3.10. The average Bonchev–Trinajstić information content (AvgIpc) is 2.84. The van der Waals surface area contributed by atoms with Crippen LogP contribution in [0.1, 0.15) is 24.0 Å². The predicted octanol–water partition coefficient (Wildman–Crippen LogP) is 6.54. The SMILES string of the molecule is Cc1cccc(OCCCCN2C(=O)COc3ccc(NC(=O)/C=C/c4ccc(Cl)cc4Cl)cc32)c1. The second kappa shape index (κ2) is 12.0. The molecule has 1 heterocycles. The third-order valence-electron chi connectivity index (χ3n) is 5.58. The van der Waals surface area contributed by atoms with Crippen molar-refractivity contribution < 1.29 is 19.1 Å². The van der Waals surface area contributed by atoms with Crippen LogP contribution in [0, 0.1) is 6.92 Å². The van der Waals surface area contributed by atoms with Crippen LogP contribution in [0.25, 0.3) is 6.08 Å². The Morgan fingerprint density at radius 1 is 1.11 bits per heavy atom. The molecule has 0 saturated carbocycles. The number of anilines is 2. The Labute approximate surface area is 220 Å². The molecule has 0 aliphatic carbocycles. The molecule has 0 spiro atoms. The molecule has 6 nitrogen and oxygen atoms in total. The molecule has 4 rings (SSSR count). The molecule has 8 heteroatoms. The lowest BCUT2D eigenvalue weighted by atomic mass is 10.1. The van der Waals surface area contributed by atoms with Gasteiger partial charge < -0.3 is 19.7 Å². The summed E-state index contributed by atoms with van der Waals surface area (Å²) in [5.74, 6) is 0.995. The number of hydrogen-bond acceptors (Lipinski definition) is 4. The smallest absolute Gasteiger partial charge is 0.265 e. The number of carbonyl (C=O) groups excluding carboxylic acids is 2. The standard InChI is InChI=1S/C28H26Cl2N2O4/c1-19-5-4-6-23(15-19)35-14-3-2-13-32-25-17-22(10-11-26(25)36-18-28(32)34)31-27(33)12-8-20-7-9-21(29)16-24(20)30/h4-12,15-17H,2-3,13-14,18H2,1H3,(H,31,33)/b12-8+. The quantitative estimate of drug-likeness (QED) is 0.255. The Morgan fingerprint density at radius 2 is 1.97 bits per heavy atom. The van der Waals surface area contributed by atoms with Crippen LogP contribution in [0.2, 0.25) is 10.0 Å². The first kappa shape index (κ1) is 25.6. The van der Waals surface area contributed by atoms with Gasteiger partial charge in [0.05, 0.1) is 12.3 Å². The van der Waals surface area contributed by atoms with E-state index in [9.17, 15) is 9.59 Å². The lowest BCUT2D eigenvalue weighted by Crippen LogP contribution is -2.39. The topological polar surface area (TPSA) is 67.9 Å². The Kier molecular flexibility index (Phi) is 8.52. The van der Waals surface area contributed by atoms with Crippen LogP contribution in [0.5, 0.6) is 11.5 Å². The Hall–Kier alpha value is -3.48. The molecule has 0 fully saturated rings. The van der Waals surface area contributed by atoms with Gasteiger partial charge in [0.2, 0.25) is 5.91 Å². The molecule has 0 aromatic heterocycles. The number of amides is 2. The predicted molar refractivity (Wildman–Crippen MR) is 144 cm³/mol. The van der Waals surface area contributed by atoms with Gasteiger partial charge >= 0.3 is 0 Å². The highest BCUT2D eigenvalue weighted by Crippen LogP contribution is 2.35. The zero-order chi connectivity index (χ0) is 25.5. The fourth-order valence-corrected chi connectivity index (χ4v) is 4.25. The van der Waals surface area contributed by atoms with Crippen LogP contribution in [-0.2, 0) is 9.59 Å². The number of unbranched alkanes of at least 4 members (excludes halogenated alkanes) is 1. The van der Waals surface area contributed by atoms with Gasteiger partial charge in [-0.1, -0.05) is 41.4 Å². The summed E-state index contributed by atoms with van der Waals surface area (Å²) in [7, 11) is 0. The fraction of sp³-hybridized carbons (Fsp3) is 0.214. The van der Waals surface area contributed by atoms with E-state index in [1.165, 1.54) is 6.08 Å². The second-order valence-corrected chi connectivity index (χ2v) is 9.22. The van der Waals surface area contributed by atoms with Gasteiger partial charge in [0, 0.05) is 28.4 Å². The summed E-state index contributed by atoms with van der Waals surface area (Å²) < 4.78 is 11.4. The fourth-order valence-electron chi connectivity index (χ4n) is 3.78. The summed E-state index contributed by atoms with van der Waals surface area (Å²) >= 11 is 12.1. The van der Waals surface area contributed by atoms with Crippen LogP contribution in [0.4, 0.5) is 11.4 Å². The third kappa shape index (κ3) is 6.80. The van der Waals surface area contributed by atoms with Crippen molar-refractivity contribution in [2.45, 2.75) is 19.8 Å². The number of rotatable bonds is 9. The number of halogens is 2. The molecule has 3 aromatic rings. The molecule has 1 N–H and O–H groups in total. The lowest BCUT2D eigenvalue weighted by Gasteiger charge is -2.30. The van der Waals surface area contributed by atoms with Crippen LogP contribution in [0.15, 0.2) is 66.7 Å². The van der Waals surface area contributed by atoms with Crippen molar-refractivity contribution >= 4 is 52.5 Å². The Balaban J connectivity index is 1.35. The number of nitrogens with one attached hydrogen (secondary N) is 1. The van der Waals surface area contributed by atoms with Crippen molar-refractivity contribution in [2.24, 2.45) is 0 Å². The van der Waals surface area contributed by atoms with Crippen molar-refractivity contribution in [3.8, 4) is 11.5 Å². The molecule has 0 bridgehead atoms. The van der Waals surface area contributed by atoms with E-state index >= 15 is 0 Å². The maximum atomic E-state index is 12.6. The highest BCUT2D eigenvalue weighted by atomic mass is 35.5. The zero-order valence-corrected chi connectivity index (χ0v) is 21.3. The van der Waals surface area contributed by atoms with E-state index < -0.39 is 0 Å². The number of fused-ring (bicyclic) bond motifs is 1. The van der Waals surface area contributed by atoms with Gasteiger partial charge in [-0.3, -0.25) is 9.59 Å². The van der Waals surface area contributed by atoms with E-state index in [-0.39, 0.29) is 18.4 Å². The highest BCUT2D eigenvalue weighted by molar-refractivity contribution is 6.35. The Bertz CT molecular complexity index is 1290. The van der Waals surface area contributed by atoms with Gasteiger partial charge in [0.15, 0.2) is 6.61 Å². The van der Waals surface area contributed by atoms with E-state index in [4.69, 9.17) is 32.7 Å². The Morgan fingerprint density at radius 3 is 2.78 bits per heavy atom.